The van der Waals surface area contributed by atoms with Crippen LogP contribution in [0, 0.1) is 6.92 Å². The van der Waals surface area contributed by atoms with Crippen LogP contribution in [0.2, 0.25) is 5.28 Å². The molecule has 1 rings (SSSR count). The van der Waals surface area contributed by atoms with Crippen LogP contribution in [0.3, 0.4) is 0 Å². The molecular weight excluding hydrogens is 220 g/mol. The van der Waals surface area contributed by atoms with Crippen molar-refractivity contribution in [2.24, 2.45) is 0 Å². The van der Waals surface area contributed by atoms with E-state index in [1.807, 2.05) is 20.8 Å². The minimum Gasteiger partial charge on any atom is -0.395 e. The number of aromatic nitrogens is 2. The maximum atomic E-state index is 9.12. The van der Waals surface area contributed by atoms with E-state index in [-0.39, 0.29) is 16.6 Å². The molecule has 0 aliphatic rings. The first-order valence-corrected chi connectivity index (χ1v) is 5.43. The number of hydrogen-bond donors (Lipinski definition) is 1. The Morgan fingerprint density at radius 2 is 2.21 bits per heavy atom. The van der Waals surface area contributed by atoms with E-state index in [0.717, 1.165) is 10.6 Å². The molecule has 1 aromatic rings. The largest absolute Gasteiger partial charge is 0.395 e. The minimum absolute atomic E-state index is 0.0960. The Morgan fingerprint density at radius 3 is 2.79 bits per heavy atom. The molecule has 0 saturated heterocycles. The standard InChI is InChI=1S/C9H13ClN2OS/c1-6-4-11-8(10)12-7(6)14-9(2,3)5-13/h4,13H,5H2,1-3H3. The first-order chi connectivity index (χ1) is 6.44. The third kappa shape index (κ3) is 3.12. The highest BCUT2D eigenvalue weighted by Gasteiger charge is 2.20. The summed E-state index contributed by atoms with van der Waals surface area (Å²) in [6.07, 6.45) is 1.69. The van der Waals surface area contributed by atoms with Gasteiger partial charge in [-0.1, -0.05) is 11.8 Å². The van der Waals surface area contributed by atoms with E-state index in [9.17, 15) is 0 Å². The third-order valence-electron chi connectivity index (χ3n) is 1.65. The van der Waals surface area contributed by atoms with Crippen LogP contribution in [0.4, 0.5) is 0 Å². The molecule has 5 heteroatoms. The Bertz CT molecular complexity index is 331. The maximum Gasteiger partial charge on any atom is 0.223 e. The van der Waals surface area contributed by atoms with Crippen LogP contribution in [0.15, 0.2) is 11.2 Å². The van der Waals surface area contributed by atoms with Crippen molar-refractivity contribution in [3.8, 4) is 0 Å². The van der Waals surface area contributed by atoms with Gasteiger partial charge >= 0.3 is 0 Å². The lowest BCUT2D eigenvalue weighted by Crippen LogP contribution is -2.20. The molecule has 78 valence electrons. The summed E-state index contributed by atoms with van der Waals surface area (Å²) < 4.78 is -0.248. The summed E-state index contributed by atoms with van der Waals surface area (Å²) in [5.41, 5.74) is 0.973. The van der Waals surface area contributed by atoms with Crippen molar-refractivity contribution >= 4 is 23.4 Å². The molecule has 1 heterocycles. The monoisotopic (exact) mass is 232 g/mol. The number of rotatable bonds is 3. The van der Waals surface area contributed by atoms with E-state index >= 15 is 0 Å². The summed E-state index contributed by atoms with van der Waals surface area (Å²) >= 11 is 7.19. The molecule has 0 aliphatic carbocycles. The lowest BCUT2D eigenvalue weighted by atomic mass is 10.2. The lowest BCUT2D eigenvalue weighted by Gasteiger charge is -2.20. The molecule has 0 spiro atoms. The predicted octanol–water partition coefficient (Wildman–Crippen LogP) is 2.30. The molecule has 0 radical (unpaired) electrons. The van der Waals surface area contributed by atoms with Gasteiger partial charge in [-0.05, 0) is 37.9 Å². The van der Waals surface area contributed by atoms with Gasteiger partial charge in [0, 0.05) is 10.9 Å². The molecule has 3 nitrogen and oxygen atoms in total. The van der Waals surface area contributed by atoms with Crippen molar-refractivity contribution < 1.29 is 5.11 Å². The van der Waals surface area contributed by atoms with Crippen LogP contribution in [0.25, 0.3) is 0 Å². The molecule has 0 saturated carbocycles. The number of aliphatic hydroxyl groups is 1. The molecule has 0 aromatic carbocycles. The molecule has 0 amide bonds. The average Bonchev–Trinajstić information content (AvgIpc) is 2.11. The van der Waals surface area contributed by atoms with E-state index in [1.54, 1.807) is 6.20 Å². The van der Waals surface area contributed by atoms with Crippen molar-refractivity contribution in [2.75, 3.05) is 6.61 Å². The van der Waals surface area contributed by atoms with Gasteiger partial charge in [0.05, 0.1) is 6.61 Å². The summed E-state index contributed by atoms with van der Waals surface area (Å²) in [5, 5.41) is 10.2. The predicted molar refractivity (Wildman–Crippen MR) is 58.8 cm³/mol. The van der Waals surface area contributed by atoms with E-state index in [0.29, 0.717) is 0 Å². The Labute approximate surface area is 92.9 Å². The topological polar surface area (TPSA) is 46.0 Å². The van der Waals surface area contributed by atoms with Gasteiger partial charge in [0.15, 0.2) is 0 Å². The van der Waals surface area contributed by atoms with Crippen LogP contribution in [0.1, 0.15) is 19.4 Å². The number of halogens is 1. The first kappa shape index (κ1) is 11.8. The van der Waals surface area contributed by atoms with Gasteiger partial charge in [-0.25, -0.2) is 9.97 Å². The van der Waals surface area contributed by atoms with Crippen LogP contribution < -0.4 is 0 Å². The smallest absolute Gasteiger partial charge is 0.223 e. The lowest BCUT2D eigenvalue weighted by molar-refractivity contribution is 0.265. The van der Waals surface area contributed by atoms with Crippen molar-refractivity contribution in [3.05, 3.63) is 17.0 Å². The zero-order chi connectivity index (χ0) is 10.8. The van der Waals surface area contributed by atoms with Crippen molar-refractivity contribution in [1.82, 2.24) is 9.97 Å². The summed E-state index contributed by atoms with van der Waals surface area (Å²) in [4.78, 5) is 7.99. The van der Waals surface area contributed by atoms with Crippen LogP contribution in [-0.4, -0.2) is 26.4 Å². The minimum atomic E-state index is -0.248. The van der Waals surface area contributed by atoms with Crippen molar-refractivity contribution in [2.45, 2.75) is 30.5 Å². The second-order valence-corrected chi connectivity index (χ2v) is 5.68. The zero-order valence-corrected chi connectivity index (χ0v) is 9.98. The summed E-state index contributed by atoms with van der Waals surface area (Å²) in [7, 11) is 0. The average molecular weight is 233 g/mol. The number of thioether (sulfide) groups is 1. The fourth-order valence-corrected chi connectivity index (χ4v) is 1.92. The molecule has 0 fully saturated rings. The van der Waals surface area contributed by atoms with Crippen molar-refractivity contribution in [1.29, 1.82) is 0 Å². The second-order valence-electron chi connectivity index (χ2n) is 3.65. The Hall–Kier alpha value is -0.320. The zero-order valence-electron chi connectivity index (χ0n) is 8.41. The molecule has 0 atom stereocenters. The third-order valence-corrected chi connectivity index (χ3v) is 3.12. The van der Waals surface area contributed by atoms with Gasteiger partial charge in [-0.3, -0.25) is 0 Å². The Morgan fingerprint density at radius 1 is 1.57 bits per heavy atom. The highest BCUT2D eigenvalue weighted by molar-refractivity contribution is 8.00. The van der Waals surface area contributed by atoms with Crippen LogP contribution >= 0.6 is 23.4 Å². The second kappa shape index (κ2) is 4.47. The highest BCUT2D eigenvalue weighted by atomic mass is 35.5. The molecule has 0 aliphatic heterocycles. The number of aliphatic hydroxyl groups excluding tert-OH is 1. The number of hydrogen-bond acceptors (Lipinski definition) is 4. The number of aryl methyl sites for hydroxylation is 1. The van der Waals surface area contributed by atoms with E-state index < -0.39 is 0 Å². The SMILES string of the molecule is Cc1cnc(Cl)nc1SC(C)(C)CO. The summed E-state index contributed by atoms with van der Waals surface area (Å²) in [6, 6.07) is 0. The molecule has 0 unspecified atom stereocenters. The Balaban J connectivity index is 2.91. The summed E-state index contributed by atoms with van der Waals surface area (Å²) in [6.45, 7) is 5.92. The normalized spacial score (nSPS) is 11.8. The Kier molecular flexibility index (Phi) is 3.75. The first-order valence-electron chi connectivity index (χ1n) is 4.23. The van der Waals surface area contributed by atoms with E-state index in [1.165, 1.54) is 11.8 Å². The number of nitrogens with zero attached hydrogens (tertiary/aromatic N) is 2. The van der Waals surface area contributed by atoms with Gasteiger partial charge in [0.1, 0.15) is 5.03 Å². The van der Waals surface area contributed by atoms with Gasteiger partial charge in [-0.15, -0.1) is 0 Å². The van der Waals surface area contributed by atoms with E-state index in [2.05, 4.69) is 9.97 Å². The fraction of sp³-hybridized carbons (Fsp3) is 0.556. The van der Waals surface area contributed by atoms with Crippen molar-refractivity contribution in [3.63, 3.8) is 0 Å². The summed E-state index contributed by atoms with van der Waals surface area (Å²) in [5.74, 6) is 0. The van der Waals surface area contributed by atoms with Gasteiger partial charge in [-0.2, -0.15) is 0 Å². The van der Waals surface area contributed by atoms with E-state index in [4.69, 9.17) is 16.7 Å². The van der Waals surface area contributed by atoms with Crippen LogP contribution in [-0.2, 0) is 0 Å². The quantitative estimate of drug-likeness (QED) is 0.494. The van der Waals surface area contributed by atoms with Gasteiger partial charge in [0.25, 0.3) is 0 Å². The fourth-order valence-electron chi connectivity index (χ4n) is 0.803. The van der Waals surface area contributed by atoms with Crippen LogP contribution in [0.5, 0.6) is 0 Å². The van der Waals surface area contributed by atoms with Gasteiger partial charge in [0.2, 0.25) is 5.28 Å². The highest BCUT2D eigenvalue weighted by Crippen LogP contribution is 2.32. The molecule has 14 heavy (non-hydrogen) atoms. The molecule has 1 N–H and O–H groups in total. The maximum absolute atomic E-state index is 9.12. The van der Waals surface area contributed by atoms with Gasteiger partial charge < -0.3 is 5.11 Å². The molecular formula is C9H13ClN2OS. The molecule has 0 bridgehead atoms. The molecule has 1 aromatic heterocycles.